The van der Waals surface area contributed by atoms with Gasteiger partial charge in [0.2, 0.25) is 5.88 Å². The second-order valence-electron chi connectivity index (χ2n) is 2.39. The van der Waals surface area contributed by atoms with E-state index in [-0.39, 0.29) is 0 Å². The minimum atomic E-state index is -0.666. The van der Waals surface area contributed by atoms with E-state index < -0.39 is 6.10 Å². The Morgan fingerprint density at radius 1 is 1.67 bits per heavy atom. The number of hydrogen-bond acceptors (Lipinski definition) is 3. The molecule has 4 heteroatoms. The monoisotopic (exact) mass is 187 g/mol. The average Bonchev–Trinajstić information content (AvgIpc) is 2.03. The van der Waals surface area contributed by atoms with Crippen molar-refractivity contribution in [2.75, 3.05) is 7.11 Å². The third-order valence-corrected chi connectivity index (χ3v) is 1.84. The maximum absolute atomic E-state index is 9.31. The molecule has 12 heavy (non-hydrogen) atoms. The van der Waals surface area contributed by atoms with E-state index in [1.165, 1.54) is 13.3 Å². The highest BCUT2D eigenvalue weighted by Gasteiger charge is 2.13. The second kappa shape index (κ2) is 3.74. The van der Waals surface area contributed by atoms with Crippen LogP contribution in [0, 0.1) is 0 Å². The smallest absolute Gasteiger partial charge is 0.220 e. The molecule has 0 amide bonds. The fourth-order valence-electron chi connectivity index (χ4n) is 0.973. The van der Waals surface area contributed by atoms with E-state index >= 15 is 0 Å². The number of nitrogens with zero attached hydrogens (tertiary/aromatic N) is 1. The number of aliphatic hydroxyl groups excluding tert-OH is 1. The van der Waals surface area contributed by atoms with Crippen LogP contribution in [-0.2, 0) is 0 Å². The SMILES string of the molecule is COc1nccc(Cl)c1[C@H](C)O. The van der Waals surface area contributed by atoms with Crippen LogP contribution in [0.25, 0.3) is 0 Å². The third-order valence-electron chi connectivity index (χ3n) is 1.51. The Hall–Kier alpha value is -0.800. The molecule has 66 valence electrons. The molecule has 0 aliphatic carbocycles. The van der Waals surface area contributed by atoms with Crippen LogP contribution < -0.4 is 4.74 Å². The lowest BCUT2D eigenvalue weighted by atomic mass is 10.2. The van der Waals surface area contributed by atoms with Gasteiger partial charge in [0, 0.05) is 6.20 Å². The summed E-state index contributed by atoms with van der Waals surface area (Å²) < 4.78 is 4.93. The van der Waals surface area contributed by atoms with Crippen LogP contribution in [0.15, 0.2) is 12.3 Å². The molecule has 0 radical (unpaired) electrons. The van der Waals surface area contributed by atoms with Crippen molar-refractivity contribution in [3.8, 4) is 5.88 Å². The molecule has 0 unspecified atom stereocenters. The molecular weight excluding hydrogens is 178 g/mol. The summed E-state index contributed by atoms with van der Waals surface area (Å²) in [7, 11) is 1.49. The van der Waals surface area contributed by atoms with Gasteiger partial charge in [-0.1, -0.05) is 11.6 Å². The molecule has 0 aromatic carbocycles. The van der Waals surface area contributed by atoms with Gasteiger partial charge in [0.25, 0.3) is 0 Å². The van der Waals surface area contributed by atoms with Crippen molar-refractivity contribution in [3.05, 3.63) is 22.8 Å². The predicted octanol–water partition coefficient (Wildman–Crippen LogP) is 1.80. The highest BCUT2D eigenvalue weighted by Crippen LogP contribution is 2.29. The van der Waals surface area contributed by atoms with Crippen LogP contribution >= 0.6 is 11.6 Å². The number of pyridine rings is 1. The summed E-state index contributed by atoms with van der Waals surface area (Å²) in [6.07, 6.45) is 0.869. The topological polar surface area (TPSA) is 42.4 Å². The summed E-state index contributed by atoms with van der Waals surface area (Å²) in [6, 6.07) is 1.62. The number of rotatable bonds is 2. The van der Waals surface area contributed by atoms with Gasteiger partial charge in [-0.3, -0.25) is 0 Å². The van der Waals surface area contributed by atoms with E-state index in [9.17, 15) is 5.11 Å². The Balaban J connectivity index is 3.20. The molecule has 0 bridgehead atoms. The highest BCUT2D eigenvalue weighted by atomic mass is 35.5. The van der Waals surface area contributed by atoms with E-state index in [0.717, 1.165) is 0 Å². The molecule has 0 saturated carbocycles. The molecule has 1 atom stereocenters. The number of ether oxygens (including phenoxy) is 1. The van der Waals surface area contributed by atoms with Crippen molar-refractivity contribution in [1.82, 2.24) is 4.98 Å². The van der Waals surface area contributed by atoms with Crippen molar-refractivity contribution in [2.24, 2.45) is 0 Å². The first-order valence-electron chi connectivity index (χ1n) is 3.53. The van der Waals surface area contributed by atoms with Gasteiger partial charge in [-0.25, -0.2) is 4.98 Å². The lowest BCUT2D eigenvalue weighted by molar-refractivity contribution is 0.193. The van der Waals surface area contributed by atoms with Crippen LogP contribution in [-0.4, -0.2) is 17.2 Å². The van der Waals surface area contributed by atoms with E-state index in [1.54, 1.807) is 13.0 Å². The predicted molar refractivity (Wildman–Crippen MR) is 46.4 cm³/mol. The molecule has 1 rings (SSSR count). The van der Waals surface area contributed by atoms with Gasteiger partial charge >= 0.3 is 0 Å². The van der Waals surface area contributed by atoms with Crippen molar-refractivity contribution in [2.45, 2.75) is 13.0 Å². The Labute approximate surface area is 76.0 Å². The normalized spacial score (nSPS) is 12.7. The van der Waals surface area contributed by atoms with Gasteiger partial charge in [-0.05, 0) is 13.0 Å². The number of aromatic nitrogens is 1. The van der Waals surface area contributed by atoms with E-state index in [2.05, 4.69) is 4.98 Å². The lowest BCUT2D eigenvalue weighted by Gasteiger charge is -2.10. The zero-order valence-electron chi connectivity index (χ0n) is 6.91. The van der Waals surface area contributed by atoms with Gasteiger partial charge in [0.15, 0.2) is 0 Å². The first-order chi connectivity index (χ1) is 5.66. The fraction of sp³-hybridized carbons (Fsp3) is 0.375. The van der Waals surface area contributed by atoms with Gasteiger partial charge in [0.1, 0.15) is 0 Å². The number of halogens is 1. The second-order valence-corrected chi connectivity index (χ2v) is 2.80. The number of hydrogen-bond donors (Lipinski definition) is 1. The van der Waals surface area contributed by atoms with Crippen LogP contribution in [0.3, 0.4) is 0 Å². The van der Waals surface area contributed by atoms with Crippen LogP contribution in [0.5, 0.6) is 5.88 Å². The molecule has 0 fully saturated rings. The lowest BCUT2D eigenvalue weighted by Crippen LogP contribution is -1.99. The molecule has 1 aromatic rings. The zero-order chi connectivity index (χ0) is 9.14. The third kappa shape index (κ3) is 1.68. The molecule has 3 nitrogen and oxygen atoms in total. The van der Waals surface area contributed by atoms with Crippen LogP contribution in [0.4, 0.5) is 0 Å². The number of methoxy groups -OCH3 is 1. The van der Waals surface area contributed by atoms with Crippen LogP contribution in [0.1, 0.15) is 18.6 Å². The maximum atomic E-state index is 9.31. The largest absolute Gasteiger partial charge is 0.481 e. The van der Waals surface area contributed by atoms with Gasteiger partial charge in [-0.15, -0.1) is 0 Å². The summed E-state index contributed by atoms with van der Waals surface area (Å²) in [5.41, 5.74) is 0.529. The van der Waals surface area contributed by atoms with E-state index in [1.807, 2.05) is 0 Å². The average molecular weight is 188 g/mol. The van der Waals surface area contributed by atoms with Crippen LogP contribution in [0.2, 0.25) is 5.02 Å². The Morgan fingerprint density at radius 2 is 2.33 bits per heavy atom. The molecule has 1 N–H and O–H groups in total. The zero-order valence-corrected chi connectivity index (χ0v) is 7.67. The fourth-order valence-corrected chi connectivity index (χ4v) is 1.27. The van der Waals surface area contributed by atoms with Gasteiger partial charge in [-0.2, -0.15) is 0 Å². The van der Waals surface area contributed by atoms with Crippen molar-refractivity contribution >= 4 is 11.6 Å². The summed E-state index contributed by atoms with van der Waals surface area (Å²) in [5.74, 6) is 0.373. The van der Waals surface area contributed by atoms with Crippen molar-refractivity contribution in [3.63, 3.8) is 0 Å². The standard InChI is InChI=1S/C8H10ClNO2/c1-5(11)7-6(9)3-4-10-8(7)12-2/h3-5,11H,1-2H3/t5-/m0/s1. The Bertz CT molecular complexity index is 276. The Kier molecular flexibility index (Phi) is 2.89. The summed E-state index contributed by atoms with van der Waals surface area (Å²) in [6.45, 7) is 1.62. The van der Waals surface area contributed by atoms with Gasteiger partial charge in [0.05, 0.1) is 23.8 Å². The molecule has 0 spiro atoms. The molecule has 1 aromatic heterocycles. The number of aliphatic hydroxyl groups is 1. The van der Waals surface area contributed by atoms with Crippen molar-refractivity contribution < 1.29 is 9.84 Å². The minimum Gasteiger partial charge on any atom is -0.481 e. The molecular formula is C8H10ClNO2. The van der Waals surface area contributed by atoms with E-state index in [0.29, 0.717) is 16.5 Å². The summed E-state index contributed by atoms with van der Waals surface area (Å²) in [5, 5.41) is 9.78. The molecule has 1 heterocycles. The molecule has 0 aliphatic heterocycles. The maximum Gasteiger partial charge on any atom is 0.220 e. The first kappa shape index (κ1) is 9.29. The molecule has 0 aliphatic rings. The van der Waals surface area contributed by atoms with E-state index in [4.69, 9.17) is 16.3 Å². The van der Waals surface area contributed by atoms with Gasteiger partial charge < -0.3 is 9.84 Å². The Morgan fingerprint density at radius 3 is 2.75 bits per heavy atom. The summed E-state index contributed by atoms with van der Waals surface area (Å²) in [4.78, 5) is 3.91. The minimum absolute atomic E-state index is 0.373. The first-order valence-corrected chi connectivity index (χ1v) is 3.91. The summed E-state index contributed by atoms with van der Waals surface area (Å²) >= 11 is 5.82. The quantitative estimate of drug-likeness (QED) is 0.768. The molecule has 0 saturated heterocycles. The highest BCUT2D eigenvalue weighted by molar-refractivity contribution is 6.31. The van der Waals surface area contributed by atoms with Crippen molar-refractivity contribution in [1.29, 1.82) is 0 Å².